The van der Waals surface area contributed by atoms with Gasteiger partial charge >= 0.3 is 0 Å². The molecule has 2 rings (SSSR count). The monoisotopic (exact) mass is 339 g/mol. The smallest absolute Gasteiger partial charge is 0.266 e. The van der Waals surface area contributed by atoms with E-state index in [1.54, 1.807) is 12.0 Å². The minimum absolute atomic E-state index is 0.0583. The van der Waals surface area contributed by atoms with E-state index in [0.29, 0.717) is 50.5 Å². The number of amides is 1. The van der Waals surface area contributed by atoms with Crippen LogP contribution in [0.2, 0.25) is 0 Å². The van der Waals surface area contributed by atoms with Crippen LogP contribution >= 0.6 is 0 Å². The molecule has 1 aliphatic rings. The molecule has 132 valence electrons. The SMILES string of the molecule is CCOc1cc(OC)ccc1CN1CC(CCC=C(F)F)CC1=O. The van der Waals surface area contributed by atoms with Gasteiger partial charge in [-0.25, -0.2) is 0 Å². The zero-order chi connectivity index (χ0) is 17.5. The minimum atomic E-state index is -1.66. The van der Waals surface area contributed by atoms with Gasteiger partial charge in [0.05, 0.1) is 13.7 Å². The number of rotatable bonds is 8. The predicted molar refractivity (Wildman–Crippen MR) is 87.2 cm³/mol. The van der Waals surface area contributed by atoms with Gasteiger partial charge in [0.1, 0.15) is 11.5 Å². The second-order valence-corrected chi connectivity index (χ2v) is 5.82. The molecule has 0 saturated carbocycles. The standard InChI is InChI=1S/C18H23F2NO3/c1-3-24-16-10-15(23-2)8-7-14(16)12-21-11-13(9-18(21)22)5-4-6-17(19)20/h6-8,10,13H,3-5,9,11-12H2,1-2H3. The number of methoxy groups -OCH3 is 1. The summed E-state index contributed by atoms with van der Waals surface area (Å²) in [5, 5.41) is 0. The Kier molecular flexibility index (Phi) is 6.58. The normalized spacial score (nSPS) is 17.1. The van der Waals surface area contributed by atoms with Crippen molar-refractivity contribution in [3.05, 3.63) is 35.9 Å². The lowest BCUT2D eigenvalue weighted by Gasteiger charge is -2.19. The van der Waals surface area contributed by atoms with Crippen LogP contribution in [-0.4, -0.2) is 31.1 Å². The van der Waals surface area contributed by atoms with Gasteiger partial charge in [-0.05, 0) is 43.9 Å². The average molecular weight is 339 g/mol. The highest BCUT2D eigenvalue weighted by atomic mass is 19.3. The fourth-order valence-corrected chi connectivity index (χ4v) is 2.92. The fourth-order valence-electron chi connectivity index (χ4n) is 2.92. The van der Waals surface area contributed by atoms with Gasteiger partial charge in [0.25, 0.3) is 6.08 Å². The highest BCUT2D eigenvalue weighted by Crippen LogP contribution is 2.29. The van der Waals surface area contributed by atoms with Gasteiger partial charge in [0, 0.05) is 31.1 Å². The van der Waals surface area contributed by atoms with E-state index in [2.05, 4.69) is 0 Å². The Balaban J connectivity index is 2.00. The number of hydrogen-bond donors (Lipinski definition) is 0. The lowest BCUT2D eigenvalue weighted by Crippen LogP contribution is -2.25. The topological polar surface area (TPSA) is 38.8 Å². The van der Waals surface area contributed by atoms with Crippen molar-refractivity contribution in [2.75, 3.05) is 20.3 Å². The molecule has 1 fully saturated rings. The van der Waals surface area contributed by atoms with Gasteiger partial charge in [0.15, 0.2) is 0 Å². The highest BCUT2D eigenvalue weighted by Gasteiger charge is 2.29. The molecular formula is C18H23F2NO3. The third-order valence-corrected chi connectivity index (χ3v) is 4.10. The van der Waals surface area contributed by atoms with Crippen molar-refractivity contribution in [3.8, 4) is 11.5 Å². The second-order valence-electron chi connectivity index (χ2n) is 5.82. The van der Waals surface area contributed by atoms with E-state index < -0.39 is 6.08 Å². The molecule has 0 spiro atoms. The van der Waals surface area contributed by atoms with Crippen LogP contribution in [-0.2, 0) is 11.3 Å². The Bertz CT molecular complexity index is 600. The molecule has 1 heterocycles. The summed E-state index contributed by atoms with van der Waals surface area (Å²) in [6, 6.07) is 5.54. The molecular weight excluding hydrogens is 316 g/mol. The van der Waals surface area contributed by atoms with Crippen LogP contribution in [0, 0.1) is 5.92 Å². The molecule has 0 aromatic heterocycles. The van der Waals surface area contributed by atoms with Crippen LogP contribution in [0.5, 0.6) is 11.5 Å². The maximum absolute atomic E-state index is 12.2. The molecule has 0 bridgehead atoms. The summed E-state index contributed by atoms with van der Waals surface area (Å²) in [5.41, 5.74) is 0.918. The van der Waals surface area contributed by atoms with Crippen molar-refractivity contribution in [2.24, 2.45) is 5.92 Å². The lowest BCUT2D eigenvalue weighted by atomic mass is 10.0. The first-order valence-electron chi connectivity index (χ1n) is 8.12. The van der Waals surface area contributed by atoms with E-state index >= 15 is 0 Å². The predicted octanol–water partition coefficient (Wildman–Crippen LogP) is 4.00. The zero-order valence-electron chi connectivity index (χ0n) is 14.1. The average Bonchev–Trinajstić information content (AvgIpc) is 2.88. The largest absolute Gasteiger partial charge is 0.497 e. The third kappa shape index (κ3) is 4.94. The highest BCUT2D eigenvalue weighted by molar-refractivity contribution is 5.78. The van der Waals surface area contributed by atoms with Crippen molar-refractivity contribution >= 4 is 5.91 Å². The first kappa shape index (κ1) is 18.2. The van der Waals surface area contributed by atoms with E-state index in [0.717, 1.165) is 11.6 Å². The number of carbonyl (C=O) groups is 1. The van der Waals surface area contributed by atoms with Gasteiger partial charge in [0.2, 0.25) is 5.91 Å². The van der Waals surface area contributed by atoms with Crippen LogP contribution in [0.25, 0.3) is 0 Å². The van der Waals surface area contributed by atoms with Crippen molar-refractivity contribution < 1.29 is 23.0 Å². The molecule has 4 nitrogen and oxygen atoms in total. The Hall–Kier alpha value is -2.11. The Morgan fingerprint density at radius 1 is 1.42 bits per heavy atom. The molecule has 24 heavy (non-hydrogen) atoms. The van der Waals surface area contributed by atoms with E-state index in [1.807, 2.05) is 25.1 Å². The summed E-state index contributed by atoms with van der Waals surface area (Å²) in [4.78, 5) is 13.9. The van der Waals surface area contributed by atoms with Crippen molar-refractivity contribution in [1.82, 2.24) is 4.90 Å². The summed E-state index contributed by atoms with van der Waals surface area (Å²) in [6.45, 7) is 3.48. The molecule has 1 aliphatic heterocycles. The number of likely N-dealkylation sites (tertiary alicyclic amines) is 1. The Morgan fingerprint density at radius 2 is 2.21 bits per heavy atom. The third-order valence-electron chi connectivity index (χ3n) is 4.10. The Morgan fingerprint density at radius 3 is 2.88 bits per heavy atom. The maximum atomic E-state index is 12.2. The molecule has 1 saturated heterocycles. The zero-order valence-corrected chi connectivity index (χ0v) is 14.1. The van der Waals surface area contributed by atoms with E-state index in [9.17, 15) is 13.6 Å². The summed E-state index contributed by atoms with van der Waals surface area (Å²) in [7, 11) is 1.59. The first-order chi connectivity index (χ1) is 11.5. The number of allylic oxidation sites excluding steroid dienone is 1. The summed E-state index contributed by atoms with van der Waals surface area (Å²) < 4.78 is 35.0. The second kappa shape index (κ2) is 8.66. The van der Waals surface area contributed by atoms with Crippen LogP contribution in [0.15, 0.2) is 30.4 Å². The van der Waals surface area contributed by atoms with E-state index in [-0.39, 0.29) is 11.8 Å². The number of carbonyl (C=O) groups excluding carboxylic acids is 1. The molecule has 1 unspecified atom stereocenters. The molecule has 0 aliphatic carbocycles. The minimum Gasteiger partial charge on any atom is -0.497 e. The maximum Gasteiger partial charge on any atom is 0.266 e. The Labute approximate surface area is 141 Å². The molecule has 1 aromatic rings. The van der Waals surface area contributed by atoms with Crippen LogP contribution in [0.4, 0.5) is 8.78 Å². The summed E-state index contributed by atoms with van der Waals surface area (Å²) in [5.74, 6) is 1.59. The molecule has 6 heteroatoms. The number of halogens is 2. The number of ether oxygens (including phenoxy) is 2. The molecule has 0 N–H and O–H groups in total. The molecule has 1 aromatic carbocycles. The van der Waals surface area contributed by atoms with Gasteiger partial charge in [-0.3, -0.25) is 4.79 Å². The van der Waals surface area contributed by atoms with Gasteiger partial charge < -0.3 is 14.4 Å². The van der Waals surface area contributed by atoms with Crippen LogP contribution in [0.1, 0.15) is 31.7 Å². The van der Waals surface area contributed by atoms with Crippen molar-refractivity contribution in [1.29, 1.82) is 0 Å². The van der Waals surface area contributed by atoms with Gasteiger partial charge in [-0.2, -0.15) is 8.78 Å². The van der Waals surface area contributed by atoms with E-state index in [4.69, 9.17) is 9.47 Å². The first-order valence-corrected chi connectivity index (χ1v) is 8.12. The summed E-state index contributed by atoms with van der Waals surface area (Å²) in [6.07, 6.45) is 0.586. The summed E-state index contributed by atoms with van der Waals surface area (Å²) >= 11 is 0. The number of nitrogens with zero attached hydrogens (tertiary/aromatic N) is 1. The van der Waals surface area contributed by atoms with Gasteiger partial charge in [-0.15, -0.1) is 0 Å². The van der Waals surface area contributed by atoms with Crippen LogP contribution < -0.4 is 9.47 Å². The molecule has 1 amide bonds. The molecule has 0 radical (unpaired) electrons. The fraction of sp³-hybridized carbons (Fsp3) is 0.500. The van der Waals surface area contributed by atoms with Crippen molar-refractivity contribution in [2.45, 2.75) is 32.7 Å². The number of hydrogen-bond acceptors (Lipinski definition) is 3. The van der Waals surface area contributed by atoms with Crippen molar-refractivity contribution in [3.63, 3.8) is 0 Å². The lowest BCUT2D eigenvalue weighted by molar-refractivity contribution is -0.128. The van der Waals surface area contributed by atoms with E-state index in [1.165, 1.54) is 0 Å². The van der Waals surface area contributed by atoms with Gasteiger partial charge in [-0.1, -0.05) is 0 Å². The quantitative estimate of drug-likeness (QED) is 0.718. The number of benzene rings is 1. The molecule has 1 atom stereocenters. The van der Waals surface area contributed by atoms with Crippen LogP contribution in [0.3, 0.4) is 0 Å².